The normalized spacial score (nSPS) is 31.9. The summed E-state index contributed by atoms with van der Waals surface area (Å²) in [4.78, 5) is 0. The first-order chi connectivity index (χ1) is 15.8. The van der Waals surface area contributed by atoms with Gasteiger partial charge in [-0.25, -0.2) is 0 Å². The third-order valence-corrected chi connectivity index (χ3v) is 12.7. The van der Waals surface area contributed by atoms with Gasteiger partial charge in [0.05, 0.1) is 18.8 Å². The van der Waals surface area contributed by atoms with Gasteiger partial charge in [0.25, 0.3) is 8.32 Å². The average Bonchev–Trinajstić information content (AvgIpc) is 3.13. The molecule has 1 N–H and O–H groups in total. The number of hydrogen-bond acceptors (Lipinski definition) is 5. The fourth-order valence-corrected chi connectivity index (χ4v) is 10.6. The predicted octanol–water partition coefficient (Wildman–Crippen LogP) is 3.38. The van der Waals surface area contributed by atoms with Crippen LogP contribution in [-0.2, 0) is 18.6 Å². The minimum atomic E-state index is -2.53. The van der Waals surface area contributed by atoms with Crippen LogP contribution in [0.2, 0.25) is 5.04 Å². The molecule has 5 atom stereocenters. The van der Waals surface area contributed by atoms with Gasteiger partial charge in [-0.1, -0.05) is 81.4 Å². The van der Waals surface area contributed by atoms with Crippen LogP contribution in [0, 0.1) is 0 Å². The molecule has 3 fully saturated rings. The third kappa shape index (κ3) is 4.11. The van der Waals surface area contributed by atoms with E-state index in [-0.39, 0.29) is 23.4 Å². The smallest absolute Gasteiger partial charge is 0.261 e. The van der Waals surface area contributed by atoms with Gasteiger partial charge in [-0.2, -0.15) is 0 Å². The number of hydrogen-bond donors (Lipinski definition) is 1. The molecule has 1 spiro atoms. The van der Waals surface area contributed by atoms with Gasteiger partial charge in [-0.3, -0.25) is 0 Å². The summed E-state index contributed by atoms with van der Waals surface area (Å²) in [6.45, 7) is 7.97. The maximum Gasteiger partial charge on any atom is 0.261 e. The monoisotopic (exact) mass is 468 g/mol. The van der Waals surface area contributed by atoms with Crippen molar-refractivity contribution >= 4 is 18.7 Å². The van der Waals surface area contributed by atoms with Crippen molar-refractivity contribution in [2.75, 3.05) is 13.2 Å². The van der Waals surface area contributed by atoms with Gasteiger partial charge < -0.3 is 23.7 Å². The highest BCUT2D eigenvalue weighted by Gasteiger charge is 2.58. The van der Waals surface area contributed by atoms with Crippen molar-refractivity contribution in [1.29, 1.82) is 0 Å². The number of fused-ring (bicyclic) bond motifs is 1. The maximum absolute atomic E-state index is 10.0. The van der Waals surface area contributed by atoms with Crippen LogP contribution in [0.5, 0.6) is 0 Å². The molecule has 0 amide bonds. The minimum Gasteiger partial charge on any atom is -0.407 e. The van der Waals surface area contributed by atoms with Gasteiger partial charge in [0.2, 0.25) is 0 Å². The van der Waals surface area contributed by atoms with Crippen LogP contribution in [-0.4, -0.2) is 56.8 Å². The fraction of sp³-hybridized carbons (Fsp3) is 0.556. The van der Waals surface area contributed by atoms with Crippen molar-refractivity contribution in [3.8, 4) is 0 Å². The summed E-state index contributed by atoms with van der Waals surface area (Å²) in [5.41, 5.74) is -0.412. The van der Waals surface area contributed by atoms with Crippen molar-refractivity contribution in [2.45, 2.75) is 81.7 Å². The van der Waals surface area contributed by atoms with Crippen LogP contribution in [0.1, 0.15) is 46.5 Å². The summed E-state index contributed by atoms with van der Waals surface area (Å²) in [6, 6.07) is 21.5. The Morgan fingerprint density at radius 2 is 1.64 bits per heavy atom. The van der Waals surface area contributed by atoms with E-state index < -0.39 is 20.2 Å². The lowest BCUT2D eigenvalue weighted by molar-refractivity contribution is -0.223. The Kier molecular flexibility index (Phi) is 6.27. The zero-order valence-corrected chi connectivity index (χ0v) is 20.9. The van der Waals surface area contributed by atoms with Crippen molar-refractivity contribution in [1.82, 2.24) is 0 Å². The van der Waals surface area contributed by atoms with E-state index in [1.165, 1.54) is 10.4 Å². The molecule has 3 heterocycles. The molecule has 0 aromatic heterocycles. The van der Waals surface area contributed by atoms with Crippen LogP contribution in [0.15, 0.2) is 60.7 Å². The first-order valence-electron chi connectivity index (χ1n) is 12.2. The number of ether oxygens (including phenoxy) is 3. The number of aliphatic hydroxyl groups is 1. The van der Waals surface area contributed by atoms with Crippen molar-refractivity contribution in [3.05, 3.63) is 60.7 Å². The highest BCUT2D eigenvalue weighted by molar-refractivity contribution is 6.99. The van der Waals surface area contributed by atoms with E-state index in [1.807, 2.05) is 0 Å². The molecule has 0 aliphatic carbocycles. The SMILES string of the molecule is CC(C)(C)[Si](OCC[C@H]1CC[C@@H]2O[C@@H]3C[C@]2(COC3O)O1)(c1ccccc1)c1ccccc1. The molecule has 2 aromatic rings. The molecule has 6 heteroatoms. The standard InChI is InChI=1S/C27H36O5Si/c1-26(2,3)33(21-10-6-4-7-11-21,22-12-8-5-9-13-22)30-17-16-20-14-15-24-27(32-20)18-23(31-24)25(28)29-19-27/h4-13,20,23-25,28H,14-19H2,1-3H3/t20-,23-,24+,25?,27-/m1/s1. The second-order valence-electron chi connectivity index (χ2n) is 10.8. The zero-order valence-electron chi connectivity index (χ0n) is 19.9. The minimum absolute atomic E-state index is 0.0218. The van der Waals surface area contributed by atoms with E-state index in [4.69, 9.17) is 18.6 Å². The molecule has 33 heavy (non-hydrogen) atoms. The zero-order chi connectivity index (χ0) is 23.1. The predicted molar refractivity (Wildman–Crippen MR) is 130 cm³/mol. The molecule has 5 rings (SSSR count). The second-order valence-corrected chi connectivity index (χ2v) is 15.1. The molecule has 3 aliphatic heterocycles. The molecule has 0 radical (unpaired) electrons. The van der Waals surface area contributed by atoms with E-state index in [0.717, 1.165) is 19.3 Å². The summed E-state index contributed by atoms with van der Waals surface area (Å²) in [6.07, 6.45) is 2.47. The molecule has 2 aromatic carbocycles. The maximum atomic E-state index is 10.0. The van der Waals surface area contributed by atoms with Crippen LogP contribution in [0.25, 0.3) is 0 Å². The van der Waals surface area contributed by atoms with Gasteiger partial charge in [-0.15, -0.1) is 0 Å². The molecular formula is C27H36O5Si. The Hall–Kier alpha value is -1.54. The van der Waals surface area contributed by atoms with Gasteiger partial charge in [0.1, 0.15) is 11.7 Å². The number of rotatable bonds is 6. The second kappa shape index (κ2) is 8.91. The van der Waals surface area contributed by atoms with E-state index in [9.17, 15) is 5.11 Å². The molecule has 2 bridgehead atoms. The van der Waals surface area contributed by atoms with Crippen LogP contribution < -0.4 is 10.4 Å². The van der Waals surface area contributed by atoms with E-state index in [2.05, 4.69) is 81.4 Å². The summed E-state index contributed by atoms with van der Waals surface area (Å²) in [5, 5.41) is 12.6. The van der Waals surface area contributed by atoms with Crippen LogP contribution >= 0.6 is 0 Å². The van der Waals surface area contributed by atoms with Gasteiger partial charge in [-0.05, 0) is 34.7 Å². The lowest BCUT2D eigenvalue weighted by Gasteiger charge is -2.45. The lowest BCUT2D eigenvalue weighted by Crippen LogP contribution is -2.66. The Bertz CT molecular complexity index is 891. The lowest BCUT2D eigenvalue weighted by atomic mass is 9.85. The fourth-order valence-electron chi connectivity index (χ4n) is 6.03. The molecule has 0 saturated carbocycles. The van der Waals surface area contributed by atoms with Crippen LogP contribution in [0.3, 0.4) is 0 Å². The van der Waals surface area contributed by atoms with Gasteiger partial charge in [0, 0.05) is 13.0 Å². The van der Waals surface area contributed by atoms with E-state index in [0.29, 0.717) is 19.6 Å². The van der Waals surface area contributed by atoms with Gasteiger partial charge >= 0.3 is 0 Å². The number of benzene rings is 2. The summed E-state index contributed by atoms with van der Waals surface area (Å²) in [7, 11) is -2.53. The third-order valence-electron chi connectivity index (χ3n) is 7.62. The largest absolute Gasteiger partial charge is 0.407 e. The van der Waals surface area contributed by atoms with Crippen LogP contribution in [0.4, 0.5) is 0 Å². The average molecular weight is 469 g/mol. The van der Waals surface area contributed by atoms with Crippen molar-refractivity contribution in [3.63, 3.8) is 0 Å². The molecule has 178 valence electrons. The van der Waals surface area contributed by atoms with E-state index in [1.54, 1.807) is 0 Å². The topological polar surface area (TPSA) is 57.2 Å². The van der Waals surface area contributed by atoms with E-state index >= 15 is 0 Å². The highest BCUT2D eigenvalue weighted by atomic mass is 28.4. The van der Waals surface area contributed by atoms with Crippen molar-refractivity contribution < 1.29 is 23.7 Å². The Morgan fingerprint density at radius 3 is 2.24 bits per heavy atom. The molecule has 1 unspecified atom stereocenters. The Morgan fingerprint density at radius 1 is 1.00 bits per heavy atom. The van der Waals surface area contributed by atoms with Gasteiger partial charge in [0.15, 0.2) is 6.29 Å². The quantitative estimate of drug-likeness (QED) is 0.659. The molecule has 3 aliphatic rings. The summed E-state index contributed by atoms with van der Waals surface area (Å²) in [5.74, 6) is 0. The number of aliphatic hydroxyl groups excluding tert-OH is 1. The molecule has 3 saturated heterocycles. The first-order valence-corrected chi connectivity index (χ1v) is 14.1. The highest BCUT2D eigenvalue weighted by Crippen LogP contribution is 2.46. The Balaban J connectivity index is 1.35. The first kappa shape index (κ1) is 23.2. The summed E-state index contributed by atoms with van der Waals surface area (Å²) < 4.78 is 25.3. The molecular weight excluding hydrogens is 432 g/mol. The van der Waals surface area contributed by atoms with Crippen molar-refractivity contribution in [2.24, 2.45) is 0 Å². The Labute approximate surface area is 198 Å². The summed E-state index contributed by atoms with van der Waals surface area (Å²) >= 11 is 0. The molecule has 5 nitrogen and oxygen atoms in total.